The van der Waals surface area contributed by atoms with Crippen LogP contribution in [0, 0.1) is 13.8 Å². The van der Waals surface area contributed by atoms with E-state index < -0.39 is 0 Å². The first-order valence-corrected chi connectivity index (χ1v) is 9.15. The fourth-order valence-corrected chi connectivity index (χ4v) is 3.66. The topological polar surface area (TPSA) is 58.2 Å². The van der Waals surface area contributed by atoms with Gasteiger partial charge in [-0.25, -0.2) is 4.98 Å². The lowest BCUT2D eigenvalue weighted by Gasteiger charge is -2.21. The minimum atomic E-state index is -0.0127. The van der Waals surface area contributed by atoms with Crippen molar-refractivity contribution in [3.63, 3.8) is 0 Å². The summed E-state index contributed by atoms with van der Waals surface area (Å²) < 4.78 is 5.97. The van der Waals surface area contributed by atoms with Crippen LogP contribution in [0.3, 0.4) is 0 Å². The molecule has 138 valence electrons. The third-order valence-electron chi connectivity index (χ3n) is 4.92. The molecule has 0 bridgehead atoms. The van der Waals surface area contributed by atoms with Crippen molar-refractivity contribution in [3.05, 3.63) is 71.2 Å². The molecule has 0 saturated heterocycles. The number of para-hydroxylation sites is 1. The Labute approximate surface area is 159 Å². The van der Waals surface area contributed by atoms with Crippen molar-refractivity contribution < 1.29 is 9.53 Å². The molecule has 1 N–H and O–H groups in total. The summed E-state index contributed by atoms with van der Waals surface area (Å²) in [4.78, 5) is 22.4. The minimum Gasteiger partial charge on any atom is -0.488 e. The Morgan fingerprint density at radius 1 is 1.22 bits per heavy atom. The van der Waals surface area contributed by atoms with Gasteiger partial charge in [-0.2, -0.15) is 0 Å². The fourth-order valence-electron chi connectivity index (χ4n) is 3.66. The molecule has 27 heavy (non-hydrogen) atoms. The molecule has 1 aliphatic heterocycles. The Hall–Kier alpha value is -3.08. The molecule has 1 aliphatic rings. The van der Waals surface area contributed by atoms with Gasteiger partial charge in [0.25, 0.3) is 5.91 Å². The number of hydrogen-bond donors (Lipinski definition) is 1. The van der Waals surface area contributed by atoms with Gasteiger partial charge in [-0.3, -0.25) is 4.79 Å². The molecule has 1 unspecified atom stereocenters. The smallest absolute Gasteiger partial charge is 0.253 e. The molecular formula is C22H23N3O2. The van der Waals surface area contributed by atoms with Gasteiger partial charge in [0.1, 0.15) is 17.7 Å². The zero-order valence-electron chi connectivity index (χ0n) is 15.8. The summed E-state index contributed by atoms with van der Waals surface area (Å²) in [6, 6.07) is 15.7. The molecule has 0 fully saturated rings. The van der Waals surface area contributed by atoms with Crippen molar-refractivity contribution in [2.75, 3.05) is 13.6 Å². The summed E-state index contributed by atoms with van der Waals surface area (Å²) in [7, 11) is 1.82. The number of nitrogens with one attached hydrogen (secondary N) is 1. The number of imidazole rings is 1. The third-order valence-corrected chi connectivity index (χ3v) is 4.92. The summed E-state index contributed by atoms with van der Waals surface area (Å²) in [5.41, 5.74) is 4.70. The molecule has 5 heteroatoms. The first-order chi connectivity index (χ1) is 13.0. The van der Waals surface area contributed by atoms with Gasteiger partial charge < -0.3 is 14.6 Å². The number of H-pyrrole nitrogens is 1. The predicted octanol–water partition coefficient (Wildman–Crippen LogP) is 3.77. The van der Waals surface area contributed by atoms with Crippen LogP contribution in [0.1, 0.15) is 27.4 Å². The number of aryl methyl sites for hydroxylation is 2. The molecule has 1 aromatic heterocycles. The van der Waals surface area contributed by atoms with Crippen molar-refractivity contribution in [2.24, 2.45) is 0 Å². The van der Waals surface area contributed by atoms with E-state index in [1.165, 1.54) is 5.56 Å². The number of nitrogens with zero attached hydrogens (tertiary/aromatic N) is 2. The Bertz CT molecular complexity index is 968. The lowest BCUT2D eigenvalue weighted by Crippen LogP contribution is -2.36. The Morgan fingerprint density at radius 2 is 2.04 bits per heavy atom. The highest BCUT2D eigenvalue weighted by molar-refractivity contribution is 5.95. The molecule has 2 aromatic carbocycles. The molecule has 1 amide bonds. The second-order valence-corrected chi connectivity index (χ2v) is 7.11. The quantitative estimate of drug-likeness (QED) is 0.770. The summed E-state index contributed by atoms with van der Waals surface area (Å²) >= 11 is 0. The van der Waals surface area contributed by atoms with Gasteiger partial charge in [0, 0.05) is 30.3 Å². The number of hydrogen-bond acceptors (Lipinski definition) is 3. The maximum atomic E-state index is 12.9. The summed E-state index contributed by atoms with van der Waals surface area (Å²) in [6.07, 6.45) is 0.829. The highest BCUT2D eigenvalue weighted by Crippen LogP contribution is 2.28. The molecule has 0 saturated carbocycles. The minimum absolute atomic E-state index is 0.00392. The van der Waals surface area contributed by atoms with Crippen LogP contribution >= 0.6 is 0 Å². The van der Waals surface area contributed by atoms with Crippen LogP contribution in [0.25, 0.3) is 11.3 Å². The van der Waals surface area contributed by atoms with Crippen molar-refractivity contribution in [1.82, 2.24) is 14.9 Å². The van der Waals surface area contributed by atoms with Crippen LogP contribution < -0.4 is 4.74 Å². The van der Waals surface area contributed by atoms with E-state index in [-0.39, 0.29) is 12.0 Å². The van der Waals surface area contributed by atoms with Crippen LogP contribution in [-0.4, -0.2) is 40.5 Å². The molecule has 4 rings (SSSR count). The molecule has 0 radical (unpaired) electrons. The van der Waals surface area contributed by atoms with Gasteiger partial charge in [-0.05, 0) is 37.6 Å². The molecule has 5 nitrogen and oxygen atoms in total. The van der Waals surface area contributed by atoms with Gasteiger partial charge in [0.2, 0.25) is 0 Å². The van der Waals surface area contributed by atoms with Crippen LogP contribution in [0.5, 0.6) is 5.75 Å². The van der Waals surface area contributed by atoms with Gasteiger partial charge in [-0.15, -0.1) is 0 Å². The van der Waals surface area contributed by atoms with Gasteiger partial charge >= 0.3 is 0 Å². The van der Waals surface area contributed by atoms with Crippen LogP contribution in [0.4, 0.5) is 0 Å². The van der Waals surface area contributed by atoms with Gasteiger partial charge in [0.05, 0.1) is 12.2 Å². The summed E-state index contributed by atoms with van der Waals surface area (Å²) in [6.45, 7) is 4.47. The molecular weight excluding hydrogens is 338 g/mol. The first-order valence-electron chi connectivity index (χ1n) is 9.15. The second kappa shape index (κ2) is 6.91. The number of ether oxygens (including phenoxy) is 1. The van der Waals surface area contributed by atoms with E-state index in [1.54, 1.807) is 4.90 Å². The Kier molecular flexibility index (Phi) is 4.44. The lowest BCUT2D eigenvalue weighted by molar-refractivity contribution is 0.0730. The van der Waals surface area contributed by atoms with E-state index >= 15 is 0 Å². The maximum absolute atomic E-state index is 12.9. The van der Waals surface area contributed by atoms with Crippen LogP contribution in [0.15, 0.2) is 48.5 Å². The standard InChI is InChI=1S/C22H23N3O2/c1-14-21(24-15(2)23-14)17-8-6-9-18(11-17)22(26)25(3)13-19-12-16-7-4-5-10-20(16)27-19/h4-11,19H,12-13H2,1-3H3,(H,23,24). The zero-order valence-corrected chi connectivity index (χ0v) is 15.8. The molecule has 0 spiro atoms. The normalized spacial score (nSPS) is 15.3. The van der Waals surface area contributed by atoms with Crippen LogP contribution in [0.2, 0.25) is 0 Å². The number of amides is 1. The number of aromatic amines is 1. The second-order valence-electron chi connectivity index (χ2n) is 7.11. The average molecular weight is 361 g/mol. The predicted molar refractivity (Wildman–Crippen MR) is 105 cm³/mol. The Morgan fingerprint density at radius 3 is 2.78 bits per heavy atom. The molecule has 0 aliphatic carbocycles. The van der Waals surface area contributed by atoms with E-state index in [0.29, 0.717) is 12.1 Å². The number of aromatic nitrogens is 2. The highest BCUT2D eigenvalue weighted by Gasteiger charge is 2.25. The maximum Gasteiger partial charge on any atom is 0.253 e. The lowest BCUT2D eigenvalue weighted by atomic mass is 10.1. The van der Waals surface area contributed by atoms with E-state index in [0.717, 1.165) is 34.9 Å². The highest BCUT2D eigenvalue weighted by atomic mass is 16.5. The number of likely N-dealkylation sites (N-methyl/N-ethyl adjacent to an activating group) is 1. The van der Waals surface area contributed by atoms with Crippen molar-refractivity contribution in [1.29, 1.82) is 0 Å². The van der Waals surface area contributed by atoms with E-state index in [1.807, 2.05) is 63.4 Å². The van der Waals surface area contributed by atoms with Crippen molar-refractivity contribution >= 4 is 5.91 Å². The summed E-state index contributed by atoms with van der Waals surface area (Å²) in [5, 5.41) is 0. The molecule has 3 aromatic rings. The number of fused-ring (bicyclic) bond motifs is 1. The number of rotatable bonds is 4. The average Bonchev–Trinajstić information content (AvgIpc) is 3.22. The number of carbonyl (C=O) groups excluding carboxylic acids is 1. The fraction of sp³-hybridized carbons (Fsp3) is 0.273. The van der Waals surface area contributed by atoms with Crippen LogP contribution in [-0.2, 0) is 6.42 Å². The van der Waals surface area contributed by atoms with Crippen molar-refractivity contribution in [3.8, 4) is 17.0 Å². The van der Waals surface area contributed by atoms with Gasteiger partial charge in [0.15, 0.2) is 0 Å². The largest absolute Gasteiger partial charge is 0.488 e. The third kappa shape index (κ3) is 3.45. The monoisotopic (exact) mass is 361 g/mol. The summed E-state index contributed by atoms with van der Waals surface area (Å²) in [5.74, 6) is 1.78. The van der Waals surface area contributed by atoms with E-state index in [4.69, 9.17) is 4.74 Å². The molecule has 2 heterocycles. The first kappa shape index (κ1) is 17.3. The number of carbonyl (C=O) groups is 1. The SMILES string of the molecule is Cc1nc(-c2cccc(C(=O)N(C)CC3Cc4ccccc4O3)c2)c(C)[nH]1. The van der Waals surface area contributed by atoms with Crippen molar-refractivity contribution in [2.45, 2.75) is 26.4 Å². The van der Waals surface area contributed by atoms with Gasteiger partial charge in [-0.1, -0.05) is 30.3 Å². The zero-order chi connectivity index (χ0) is 19.0. The number of benzene rings is 2. The van der Waals surface area contributed by atoms with E-state index in [9.17, 15) is 4.79 Å². The Balaban J connectivity index is 1.48. The molecule has 1 atom stereocenters. The van der Waals surface area contributed by atoms with E-state index in [2.05, 4.69) is 16.0 Å².